The molecule has 4 atom stereocenters. The number of rotatable bonds is 13. The monoisotopic (exact) mass is 494 g/mol. The van der Waals surface area contributed by atoms with Crippen LogP contribution in [0.3, 0.4) is 0 Å². The molecule has 0 bridgehead atoms. The van der Waals surface area contributed by atoms with E-state index in [0.717, 1.165) is 30.5 Å². The van der Waals surface area contributed by atoms with Crippen molar-refractivity contribution in [2.24, 2.45) is 0 Å². The summed E-state index contributed by atoms with van der Waals surface area (Å²) < 4.78 is 0. The van der Waals surface area contributed by atoms with Crippen LogP contribution in [-0.4, -0.2) is 66.4 Å². The van der Waals surface area contributed by atoms with E-state index in [4.69, 9.17) is 0 Å². The van der Waals surface area contributed by atoms with Gasteiger partial charge in [0, 0.05) is 18.9 Å². The lowest BCUT2D eigenvalue weighted by Gasteiger charge is -2.24. The first kappa shape index (κ1) is 27.0. The highest BCUT2D eigenvalue weighted by Crippen LogP contribution is 2.11. The lowest BCUT2D eigenvalue weighted by Crippen LogP contribution is -2.53. The third-order valence-corrected chi connectivity index (χ3v) is 6.10. The Morgan fingerprint density at radius 2 is 1.58 bits per heavy atom. The molecule has 1 fully saturated rings. The summed E-state index contributed by atoms with van der Waals surface area (Å²) in [5, 5.41) is 20.7. The van der Waals surface area contributed by atoms with Crippen LogP contribution in [0.5, 0.6) is 0 Å². The zero-order valence-corrected chi connectivity index (χ0v) is 20.2. The smallest absolute Gasteiger partial charge is 0.243 e. The van der Waals surface area contributed by atoms with Gasteiger partial charge in [0.25, 0.3) is 0 Å². The van der Waals surface area contributed by atoms with Crippen LogP contribution in [0.2, 0.25) is 0 Å². The summed E-state index contributed by atoms with van der Waals surface area (Å²) >= 11 is 0. The number of benzene rings is 2. The largest absolute Gasteiger partial charge is 0.394 e. The molecule has 1 heterocycles. The Hall–Kier alpha value is -3.56. The molecule has 1 aliphatic heterocycles. The summed E-state index contributed by atoms with van der Waals surface area (Å²) in [5.74, 6) is -1.12. The molecular weight excluding hydrogens is 460 g/mol. The fourth-order valence-corrected chi connectivity index (χ4v) is 4.23. The van der Waals surface area contributed by atoms with E-state index in [2.05, 4.69) is 21.3 Å². The third kappa shape index (κ3) is 8.58. The first-order valence-corrected chi connectivity index (χ1v) is 12.3. The number of amides is 3. The third-order valence-electron chi connectivity index (χ3n) is 6.10. The summed E-state index contributed by atoms with van der Waals surface area (Å²) in [4.78, 5) is 49.8. The fraction of sp³-hybridized carbons (Fsp3) is 0.407. The summed E-state index contributed by atoms with van der Waals surface area (Å²) in [7, 11) is 0. The molecule has 5 N–H and O–H groups in total. The fourth-order valence-electron chi connectivity index (χ4n) is 4.23. The molecule has 192 valence electrons. The van der Waals surface area contributed by atoms with Gasteiger partial charge >= 0.3 is 0 Å². The average Bonchev–Trinajstić information content (AvgIpc) is 3.43. The lowest BCUT2D eigenvalue weighted by molar-refractivity contribution is -0.131. The number of carbonyl (C=O) groups excluding carboxylic acids is 4. The predicted octanol–water partition coefficient (Wildman–Crippen LogP) is 0.260. The van der Waals surface area contributed by atoms with Gasteiger partial charge in [-0.2, -0.15) is 0 Å². The van der Waals surface area contributed by atoms with E-state index in [9.17, 15) is 24.3 Å². The number of aliphatic hydroxyl groups excluding tert-OH is 1. The van der Waals surface area contributed by atoms with Crippen molar-refractivity contribution in [1.82, 2.24) is 21.3 Å². The van der Waals surface area contributed by atoms with Gasteiger partial charge in [-0.15, -0.1) is 0 Å². The molecule has 9 heteroatoms. The van der Waals surface area contributed by atoms with Crippen molar-refractivity contribution in [3.05, 3.63) is 71.8 Å². The van der Waals surface area contributed by atoms with Crippen LogP contribution in [0.25, 0.3) is 0 Å². The number of nitrogens with one attached hydrogen (secondary N) is 4. The number of aldehydes is 1. The van der Waals surface area contributed by atoms with E-state index >= 15 is 0 Å². The van der Waals surface area contributed by atoms with E-state index in [1.165, 1.54) is 0 Å². The summed E-state index contributed by atoms with van der Waals surface area (Å²) in [6.07, 6.45) is 2.76. The summed E-state index contributed by atoms with van der Waals surface area (Å²) in [5.41, 5.74) is 1.80. The van der Waals surface area contributed by atoms with Crippen molar-refractivity contribution in [2.75, 3.05) is 13.2 Å². The second-order valence-corrected chi connectivity index (χ2v) is 8.99. The van der Waals surface area contributed by atoms with Gasteiger partial charge in [-0.3, -0.25) is 14.4 Å². The SMILES string of the molecule is O=C[C@H](CO)NC(=O)[C@H](Cc1ccccc1)NC(=O)C[C@H](Cc1ccccc1)NC(=O)[C@@H]1CCCN1. The maximum atomic E-state index is 13.1. The quantitative estimate of drug-likeness (QED) is 0.254. The predicted molar refractivity (Wildman–Crippen MR) is 135 cm³/mol. The zero-order valence-electron chi connectivity index (χ0n) is 20.2. The zero-order chi connectivity index (χ0) is 25.8. The molecule has 0 aliphatic carbocycles. The van der Waals surface area contributed by atoms with E-state index in [1.54, 1.807) is 0 Å². The summed E-state index contributed by atoms with van der Waals surface area (Å²) in [6.45, 7) is 0.245. The van der Waals surface area contributed by atoms with Gasteiger partial charge in [-0.1, -0.05) is 60.7 Å². The van der Waals surface area contributed by atoms with Crippen molar-refractivity contribution >= 4 is 24.0 Å². The van der Waals surface area contributed by atoms with Gasteiger partial charge in [0.1, 0.15) is 18.4 Å². The van der Waals surface area contributed by atoms with Gasteiger partial charge in [-0.25, -0.2) is 0 Å². The van der Waals surface area contributed by atoms with E-state index in [-0.39, 0.29) is 24.8 Å². The number of aliphatic hydroxyl groups is 1. The minimum atomic E-state index is -1.06. The van der Waals surface area contributed by atoms with Crippen LogP contribution in [0.1, 0.15) is 30.4 Å². The molecule has 0 unspecified atom stereocenters. The molecule has 2 aromatic carbocycles. The number of hydrogen-bond donors (Lipinski definition) is 5. The molecule has 9 nitrogen and oxygen atoms in total. The molecule has 0 radical (unpaired) electrons. The van der Waals surface area contributed by atoms with E-state index < -0.39 is 36.5 Å². The van der Waals surface area contributed by atoms with Gasteiger partial charge in [0.2, 0.25) is 17.7 Å². The van der Waals surface area contributed by atoms with Crippen LogP contribution in [-0.2, 0) is 32.0 Å². The van der Waals surface area contributed by atoms with Crippen LogP contribution < -0.4 is 21.3 Å². The van der Waals surface area contributed by atoms with Crippen LogP contribution in [0, 0.1) is 0 Å². The van der Waals surface area contributed by atoms with Gasteiger partial charge in [-0.05, 0) is 36.9 Å². The van der Waals surface area contributed by atoms with E-state index in [0.29, 0.717) is 12.7 Å². The Bertz CT molecular complexity index is 996. The Balaban J connectivity index is 1.70. The highest BCUT2D eigenvalue weighted by molar-refractivity contribution is 5.90. The van der Waals surface area contributed by atoms with Crippen molar-refractivity contribution in [1.29, 1.82) is 0 Å². The van der Waals surface area contributed by atoms with Crippen LogP contribution >= 0.6 is 0 Å². The maximum Gasteiger partial charge on any atom is 0.243 e. The number of carbonyl (C=O) groups is 4. The Kier molecular flexibility index (Phi) is 10.6. The summed E-state index contributed by atoms with van der Waals surface area (Å²) in [6, 6.07) is 16.0. The molecule has 36 heavy (non-hydrogen) atoms. The molecule has 0 spiro atoms. The van der Waals surface area contributed by atoms with Gasteiger partial charge < -0.3 is 31.2 Å². The minimum absolute atomic E-state index is 0.0248. The average molecular weight is 495 g/mol. The van der Waals surface area contributed by atoms with Gasteiger partial charge in [0.15, 0.2) is 0 Å². The molecule has 0 saturated carbocycles. The molecule has 1 aliphatic rings. The first-order chi connectivity index (χ1) is 17.5. The highest BCUT2D eigenvalue weighted by atomic mass is 16.3. The molecule has 1 saturated heterocycles. The van der Waals surface area contributed by atoms with Crippen LogP contribution in [0.15, 0.2) is 60.7 Å². The normalized spacial score (nSPS) is 17.4. The number of hydrogen-bond acceptors (Lipinski definition) is 6. The molecule has 3 amide bonds. The second kappa shape index (κ2) is 14.1. The second-order valence-electron chi connectivity index (χ2n) is 8.99. The van der Waals surface area contributed by atoms with Crippen molar-refractivity contribution in [3.8, 4) is 0 Å². The topological polar surface area (TPSA) is 137 Å². The Morgan fingerprint density at radius 3 is 2.14 bits per heavy atom. The van der Waals surface area contributed by atoms with E-state index in [1.807, 2.05) is 60.7 Å². The van der Waals surface area contributed by atoms with Crippen molar-refractivity contribution < 1.29 is 24.3 Å². The van der Waals surface area contributed by atoms with Crippen LogP contribution in [0.4, 0.5) is 0 Å². The molecule has 2 aromatic rings. The highest BCUT2D eigenvalue weighted by Gasteiger charge is 2.28. The van der Waals surface area contributed by atoms with Crippen molar-refractivity contribution in [2.45, 2.75) is 56.3 Å². The standard InChI is InChI=1S/C27H34N4O5/c32-17-22(18-33)30-27(36)24(15-20-10-5-2-6-11-20)31-25(34)16-21(14-19-8-3-1-4-9-19)29-26(35)23-12-7-13-28-23/h1-6,8-11,17,21-24,28,33H,7,12-16,18H2,(H,29,35)(H,30,36)(H,31,34)/t21-,22+,23-,24-/m0/s1. The molecule has 0 aromatic heterocycles. The lowest BCUT2D eigenvalue weighted by atomic mass is 10.0. The first-order valence-electron chi connectivity index (χ1n) is 12.3. The molecular formula is C27H34N4O5. The van der Waals surface area contributed by atoms with Crippen molar-refractivity contribution in [3.63, 3.8) is 0 Å². The van der Waals surface area contributed by atoms with Gasteiger partial charge in [0.05, 0.1) is 12.6 Å². The Morgan fingerprint density at radius 1 is 0.944 bits per heavy atom. The molecule has 3 rings (SSSR count). The Labute approximate surface area is 211 Å². The maximum absolute atomic E-state index is 13.1. The minimum Gasteiger partial charge on any atom is -0.394 e.